The molecule has 4 aromatic rings. The van der Waals surface area contributed by atoms with Crippen molar-refractivity contribution in [1.82, 2.24) is 29.3 Å². The van der Waals surface area contributed by atoms with E-state index in [0.29, 0.717) is 28.5 Å². The number of likely N-dealkylation sites (N-methyl/N-ethyl adjacent to an activating group) is 1. The molecule has 0 spiro atoms. The van der Waals surface area contributed by atoms with Crippen molar-refractivity contribution in [2.75, 3.05) is 70.7 Å². The third-order valence-electron chi connectivity index (χ3n) is 8.83. The maximum atomic E-state index is 13.7. The molecule has 0 unspecified atom stereocenters. The average molecular weight is 599 g/mol. The van der Waals surface area contributed by atoms with Crippen molar-refractivity contribution >= 4 is 28.6 Å². The van der Waals surface area contributed by atoms with Crippen molar-refractivity contribution in [2.24, 2.45) is 0 Å². The number of rotatable bonds is 9. The van der Waals surface area contributed by atoms with Crippen molar-refractivity contribution in [1.29, 1.82) is 0 Å². The number of anilines is 2. The van der Waals surface area contributed by atoms with Crippen molar-refractivity contribution in [2.45, 2.75) is 37.8 Å². The zero-order valence-corrected chi connectivity index (χ0v) is 25.8. The predicted molar refractivity (Wildman–Crippen MR) is 172 cm³/mol. The highest BCUT2D eigenvalue weighted by atomic mass is 16.5. The van der Waals surface area contributed by atoms with E-state index < -0.39 is 0 Å². The average Bonchev–Trinajstić information content (AvgIpc) is 3.41. The highest BCUT2D eigenvalue weighted by Gasteiger charge is 2.27. The van der Waals surface area contributed by atoms with Gasteiger partial charge in [0.2, 0.25) is 5.95 Å². The van der Waals surface area contributed by atoms with Crippen LogP contribution in [0.5, 0.6) is 5.75 Å². The van der Waals surface area contributed by atoms with Crippen LogP contribution in [0, 0.1) is 0 Å². The van der Waals surface area contributed by atoms with Crippen LogP contribution in [-0.4, -0.2) is 107 Å². The van der Waals surface area contributed by atoms with Crippen LogP contribution in [-0.2, 0) is 0 Å². The fourth-order valence-corrected chi connectivity index (χ4v) is 6.27. The summed E-state index contributed by atoms with van der Waals surface area (Å²) in [5.41, 5.74) is 4.79. The Morgan fingerprint density at radius 1 is 1.05 bits per heavy atom. The first kappa shape index (κ1) is 30.0. The molecule has 6 rings (SSSR count). The number of methoxy groups -OCH3 is 1. The Hall–Kier alpha value is -4.06. The van der Waals surface area contributed by atoms with E-state index in [0.717, 1.165) is 76.0 Å². The number of fused-ring (bicyclic) bond motifs is 1. The van der Waals surface area contributed by atoms with Gasteiger partial charge in [-0.1, -0.05) is 0 Å². The van der Waals surface area contributed by atoms with Crippen LogP contribution in [0.15, 0.2) is 55.0 Å². The summed E-state index contributed by atoms with van der Waals surface area (Å²) in [4.78, 5) is 34.4. The normalized spacial score (nSPS) is 19.4. The van der Waals surface area contributed by atoms with Crippen LogP contribution in [0.25, 0.3) is 22.3 Å². The van der Waals surface area contributed by atoms with Gasteiger partial charge in [0.05, 0.1) is 35.5 Å². The number of piperazine rings is 1. The number of amides is 1. The summed E-state index contributed by atoms with van der Waals surface area (Å²) < 4.78 is 7.66. The Kier molecular flexibility index (Phi) is 9.06. The standard InChI is InChI=1S/C33H42N8O3/c1-38(2)14-15-39-16-18-40(19-17-39)25-6-9-28-30(21-25)41(24-4-7-26(42)8-5-24)33(36-28)37-32(43)23-10-13-35-29(20-23)27-22-34-12-11-31(27)44-3/h6,9-13,20-22,24,26,42H,4-5,7-8,14-19H2,1-3H3,(H,36,37,43)/t24-,26+. The Morgan fingerprint density at radius 2 is 1.84 bits per heavy atom. The van der Waals surface area contributed by atoms with Gasteiger partial charge in [0.25, 0.3) is 5.91 Å². The summed E-state index contributed by atoms with van der Waals surface area (Å²) in [6, 6.07) is 11.8. The second-order valence-corrected chi connectivity index (χ2v) is 12.0. The second-order valence-electron chi connectivity index (χ2n) is 12.0. The van der Waals surface area contributed by atoms with Crippen molar-refractivity contribution in [3.63, 3.8) is 0 Å². The van der Waals surface area contributed by atoms with E-state index in [-0.39, 0.29) is 18.1 Å². The molecule has 1 saturated carbocycles. The molecule has 1 aromatic carbocycles. The van der Waals surface area contributed by atoms with Gasteiger partial charge in [0.15, 0.2) is 0 Å². The van der Waals surface area contributed by atoms with Crippen LogP contribution >= 0.6 is 0 Å². The molecule has 1 saturated heterocycles. The van der Waals surface area contributed by atoms with E-state index in [1.54, 1.807) is 43.9 Å². The van der Waals surface area contributed by atoms with Gasteiger partial charge in [0.1, 0.15) is 5.75 Å². The van der Waals surface area contributed by atoms with Crippen LogP contribution in [0.4, 0.5) is 11.6 Å². The number of nitrogens with one attached hydrogen (secondary N) is 1. The highest BCUT2D eigenvalue weighted by molar-refractivity contribution is 6.04. The Bertz CT molecular complexity index is 1590. The third-order valence-corrected chi connectivity index (χ3v) is 8.83. The molecule has 1 amide bonds. The lowest BCUT2D eigenvalue weighted by Crippen LogP contribution is -2.48. The van der Waals surface area contributed by atoms with E-state index in [1.807, 2.05) is 0 Å². The molecular formula is C33H42N8O3. The number of hydrogen-bond acceptors (Lipinski definition) is 9. The Morgan fingerprint density at radius 3 is 2.59 bits per heavy atom. The highest BCUT2D eigenvalue weighted by Crippen LogP contribution is 2.36. The second kappa shape index (κ2) is 13.3. The number of carbonyl (C=O) groups is 1. The van der Waals surface area contributed by atoms with Crippen molar-refractivity contribution < 1.29 is 14.6 Å². The number of imidazole rings is 1. The number of hydrogen-bond donors (Lipinski definition) is 2. The lowest BCUT2D eigenvalue weighted by atomic mass is 9.93. The lowest BCUT2D eigenvalue weighted by Gasteiger charge is -2.36. The largest absolute Gasteiger partial charge is 0.496 e. The number of aliphatic hydroxyl groups excluding tert-OH is 1. The first-order chi connectivity index (χ1) is 21.4. The topological polar surface area (TPSA) is 112 Å². The molecule has 44 heavy (non-hydrogen) atoms. The van der Waals surface area contributed by atoms with Crippen LogP contribution in [0.2, 0.25) is 0 Å². The van der Waals surface area contributed by atoms with Gasteiger partial charge in [0, 0.05) is 75.2 Å². The minimum atomic E-state index is -0.280. The SMILES string of the molecule is COc1ccncc1-c1cc(C(=O)Nc2nc3ccc(N4CCN(CCN(C)C)CC4)cc3n2[C@H]2CC[C@@H](O)CC2)ccn1. The molecule has 11 nitrogen and oxygen atoms in total. The molecule has 1 aliphatic heterocycles. The number of benzene rings is 1. The van der Waals surface area contributed by atoms with Gasteiger partial charge in [-0.25, -0.2) is 4.98 Å². The van der Waals surface area contributed by atoms with Gasteiger partial charge >= 0.3 is 0 Å². The van der Waals surface area contributed by atoms with Crippen LogP contribution in [0.1, 0.15) is 42.1 Å². The van der Waals surface area contributed by atoms with E-state index in [4.69, 9.17) is 9.72 Å². The summed E-state index contributed by atoms with van der Waals surface area (Å²) in [5.74, 6) is 0.893. The molecule has 11 heteroatoms. The fourth-order valence-electron chi connectivity index (χ4n) is 6.27. The molecule has 0 atom stereocenters. The molecule has 1 aliphatic carbocycles. The molecule has 2 fully saturated rings. The number of pyridine rings is 2. The molecular weight excluding hydrogens is 556 g/mol. The van der Waals surface area contributed by atoms with Crippen molar-refractivity contribution in [3.05, 3.63) is 60.6 Å². The first-order valence-corrected chi connectivity index (χ1v) is 15.5. The quantitative estimate of drug-likeness (QED) is 0.296. The molecule has 2 N–H and O–H groups in total. The summed E-state index contributed by atoms with van der Waals surface area (Å²) >= 11 is 0. The first-order valence-electron chi connectivity index (χ1n) is 15.5. The molecule has 2 aliphatic rings. The smallest absolute Gasteiger partial charge is 0.258 e. The number of carbonyl (C=O) groups excluding carboxylic acids is 1. The Balaban J connectivity index is 1.27. The number of aliphatic hydroxyl groups is 1. The van der Waals surface area contributed by atoms with E-state index in [1.165, 1.54) is 5.69 Å². The minimum Gasteiger partial charge on any atom is -0.496 e. The zero-order valence-electron chi connectivity index (χ0n) is 25.8. The maximum Gasteiger partial charge on any atom is 0.258 e. The van der Waals surface area contributed by atoms with Crippen LogP contribution < -0.4 is 15.0 Å². The maximum absolute atomic E-state index is 13.7. The summed E-state index contributed by atoms with van der Waals surface area (Å²) in [6.45, 7) is 6.15. The number of ether oxygens (including phenoxy) is 1. The fraction of sp³-hybridized carbons (Fsp3) is 0.455. The van der Waals surface area contributed by atoms with Crippen LogP contribution in [0.3, 0.4) is 0 Å². The van der Waals surface area contributed by atoms with Gasteiger partial charge in [-0.05, 0) is 76.2 Å². The number of aromatic nitrogens is 4. The zero-order chi connectivity index (χ0) is 30.6. The lowest BCUT2D eigenvalue weighted by molar-refractivity contribution is 0.102. The van der Waals surface area contributed by atoms with Gasteiger partial charge < -0.3 is 24.2 Å². The summed E-state index contributed by atoms with van der Waals surface area (Å²) in [5, 5.41) is 13.3. The number of nitrogens with zero attached hydrogens (tertiary/aromatic N) is 7. The van der Waals surface area contributed by atoms with E-state index in [9.17, 15) is 9.90 Å². The summed E-state index contributed by atoms with van der Waals surface area (Å²) in [6.07, 6.45) is 7.79. The molecule has 3 aromatic heterocycles. The molecule has 0 bridgehead atoms. The van der Waals surface area contributed by atoms with E-state index >= 15 is 0 Å². The van der Waals surface area contributed by atoms with Gasteiger partial charge in [-0.15, -0.1) is 0 Å². The summed E-state index contributed by atoms with van der Waals surface area (Å²) in [7, 11) is 5.83. The van der Waals surface area contributed by atoms with E-state index in [2.05, 4.69) is 66.8 Å². The van der Waals surface area contributed by atoms with Crippen molar-refractivity contribution in [3.8, 4) is 17.0 Å². The Labute approximate surface area is 258 Å². The van der Waals surface area contributed by atoms with Gasteiger partial charge in [-0.3, -0.25) is 25.0 Å². The molecule has 0 radical (unpaired) electrons. The third kappa shape index (κ3) is 6.54. The molecule has 4 heterocycles. The predicted octanol–water partition coefficient (Wildman–Crippen LogP) is 3.91. The minimum absolute atomic E-state index is 0.129. The molecule has 232 valence electrons. The monoisotopic (exact) mass is 598 g/mol. The van der Waals surface area contributed by atoms with Gasteiger partial charge in [-0.2, -0.15) is 0 Å².